The molecular weight excluding hydrogens is 324 g/mol. The Labute approximate surface area is 153 Å². The van der Waals surface area contributed by atoms with E-state index in [-0.39, 0.29) is 18.3 Å². The fourth-order valence-electron chi connectivity index (χ4n) is 3.23. The third-order valence-electron chi connectivity index (χ3n) is 4.59. The van der Waals surface area contributed by atoms with E-state index in [1.807, 2.05) is 13.8 Å². The maximum atomic E-state index is 6.19. The van der Waals surface area contributed by atoms with Crippen molar-refractivity contribution in [1.29, 1.82) is 0 Å². The predicted octanol–water partition coefficient (Wildman–Crippen LogP) is 3.17. The van der Waals surface area contributed by atoms with Crippen molar-refractivity contribution >= 4 is 0 Å². The lowest BCUT2D eigenvalue weighted by molar-refractivity contribution is -0.277. The second kappa shape index (κ2) is 13.0. The van der Waals surface area contributed by atoms with E-state index in [4.69, 9.17) is 28.4 Å². The lowest BCUT2D eigenvalue weighted by Crippen LogP contribution is -2.50. The SMILES string of the molecule is CCCCCCCOC[C@H]1O[C@](COCC)(OC)[C@@H](OCC)[C@@H]1OC. The molecule has 0 aromatic heterocycles. The maximum absolute atomic E-state index is 6.19. The van der Waals surface area contributed by atoms with Crippen LogP contribution < -0.4 is 0 Å². The Morgan fingerprint density at radius 2 is 1.68 bits per heavy atom. The smallest absolute Gasteiger partial charge is 0.221 e. The normalized spacial score (nSPS) is 29.4. The molecule has 1 aliphatic rings. The molecule has 1 heterocycles. The van der Waals surface area contributed by atoms with Crippen LogP contribution >= 0.6 is 0 Å². The van der Waals surface area contributed by atoms with Gasteiger partial charge in [-0.05, 0) is 20.3 Å². The first kappa shape index (κ1) is 22.8. The minimum Gasteiger partial charge on any atom is -0.379 e. The molecule has 0 N–H and O–H groups in total. The first-order chi connectivity index (χ1) is 12.2. The van der Waals surface area contributed by atoms with Crippen molar-refractivity contribution in [2.24, 2.45) is 0 Å². The van der Waals surface area contributed by atoms with E-state index in [0.717, 1.165) is 13.0 Å². The molecule has 0 aromatic carbocycles. The van der Waals surface area contributed by atoms with Crippen LogP contribution in [0.5, 0.6) is 0 Å². The number of hydrogen-bond donors (Lipinski definition) is 0. The van der Waals surface area contributed by atoms with Crippen LogP contribution in [0.4, 0.5) is 0 Å². The van der Waals surface area contributed by atoms with Gasteiger partial charge in [0.1, 0.15) is 24.9 Å². The third kappa shape index (κ3) is 6.77. The lowest BCUT2D eigenvalue weighted by atomic mass is 10.1. The van der Waals surface area contributed by atoms with Crippen molar-refractivity contribution in [2.45, 2.75) is 77.0 Å². The molecule has 0 bridgehead atoms. The van der Waals surface area contributed by atoms with E-state index in [9.17, 15) is 0 Å². The van der Waals surface area contributed by atoms with Crippen LogP contribution in [0.25, 0.3) is 0 Å². The molecule has 0 amide bonds. The fraction of sp³-hybridized carbons (Fsp3) is 1.00. The van der Waals surface area contributed by atoms with Crippen molar-refractivity contribution in [3.05, 3.63) is 0 Å². The van der Waals surface area contributed by atoms with Crippen molar-refractivity contribution in [1.82, 2.24) is 0 Å². The van der Waals surface area contributed by atoms with Gasteiger partial charge in [0, 0.05) is 34.0 Å². The summed E-state index contributed by atoms with van der Waals surface area (Å²) in [7, 11) is 3.29. The molecule has 0 aromatic rings. The van der Waals surface area contributed by atoms with Crippen molar-refractivity contribution in [3.8, 4) is 0 Å². The molecule has 0 aliphatic carbocycles. The highest BCUT2D eigenvalue weighted by Gasteiger charge is 2.57. The summed E-state index contributed by atoms with van der Waals surface area (Å²) in [5, 5.41) is 0. The zero-order valence-corrected chi connectivity index (χ0v) is 16.8. The van der Waals surface area contributed by atoms with Crippen LogP contribution in [0.15, 0.2) is 0 Å². The molecule has 0 spiro atoms. The zero-order valence-electron chi connectivity index (χ0n) is 16.8. The van der Waals surface area contributed by atoms with Gasteiger partial charge in [0.2, 0.25) is 5.79 Å². The van der Waals surface area contributed by atoms with Gasteiger partial charge in [0.25, 0.3) is 0 Å². The fourth-order valence-corrected chi connectivity index (χ4v) is 3.23. The Hall–Kier alpha value is -0.240. The number of ether oxygens (including phenoxy) is 6. The van der Waals surface area contributed by atoms with E-state index in [2.05, 4.69) is 6.92 Å². The van der Waals surface area contributed by atoms with Crippen molar-refractivity contribution < 1.29 is 28.4 Å². The Balaban J connectivity index is 2.57. The Morgan fingerprint density at radius 1 is 0.920 bits per heavy atom. The molecule has 1 fully saturated rings. The monoisotopic (exact) mass is 362 g/mol. The first-order valence-corrected chi connectivity index (χ1v) is 9.71. The lowest BCUT2D eigenvalue weighted by Gasteiger charge is -2.33. The molecule has 150 valence electrons. The first-order valence-electron chi connectivity index (χ1n) is 9.71. The molecule has 0 saturated carbocycles. The number of hydrogen-bond acceptors (Lipinski definition) is 6. The van der Waals surface area contributed by atoms with Crippen LogP contribution in [0, 0.1) is 0 Å². The van der Waals surface area contributed by atoms with E-state index in [0.29, 0.717) is 26.4 Å². The summed E-state index contributed by atoms with van der Waals surface area (Å²) < 4.78 is 34.9. The van der Waals surface area contributed by atoms with Gasteiger partial charge in [-0.15, -0.1) is 0 Å². The van der Waals surface area contributed by atoms with E-state index < -0.39 is 5.79 Å². The van der Waals surface area contributed by atoms with Gasteiger partial charge in [-0.1, -0.05) is 32.6 Å². The maximum Gasteiger partial charge on any atom is 0.221 e. The molecule has 25 heavy (non-hydrogen) atoms. The second-order valence-corrected chi connectivity index (χ2v) is 6.37. The van der Waals surface area contributed by atoms with Gasteiger partial charge < -0.3 is 28.4 Å². The van der Waals surface area contributed by atoms with Gasteiger partial charge in [-0.2, -0.15) is 0 Å². The number of methoxy groups -OCH3 is 2. The number of rotatable bonds is 15. The molecule has 1 aliphatic heterocycles. The summed E-state index contributed by atoms with van der Waals surface area (Å²) in [6.07, 6.45) is 5.27. The molecule has 1 saturated heterocycles. The Morgan fingerprint density at radius 3 is 2.28 bits per heavy atom. The molecule has 4 atom stereocenters. The van der Waals surface area contributed by atoms with Crippen LogP contribution in [-0.4, -0.2) is 71.4 Å². The highest BCUT2D eigenvalue weighted by atomic mass is 16.8. The predicted molar refractivity (Wildman–Crippen MR) is 96.9 cm³/mol. The second-order valence-electron chi connectivity index (χ2n) is 6.37. The van der Waals surface area contributed by atoms with Crippen LogP contribution in [-0.2, 0) is 28.4 Å². The van der Waals surface area contributed by atoms with E-state index in [1.54, 1.807) is 14.2 Å². The highest BCUT2D eigenvalue weighted by Crippen LogP contribution is 2.36. The molecular formula is C19H38O6. The third-order valence-corrected chi connectivity index (χ3v) is 4.59. The summed E-state index contributed by atoms with van der Waals surface area (Å²) in [6.45, 7) is 8.77. The summed E-state index contributed by atoms with van der Waals surface area (Å²) in [5.74, 6) is -0.956. The van der Waals surface area contributed by atoms with Crippen LogP contribution in [0.3, 0.4) is 0 Å². The standard InChI is InChI=1S/C19H38O6/c1-6-9-10-11-12-13-23-14-16-17(20-4)18(24-8-3)19(21-5,25-16)15-22-7-2/h16-18H,6-15H2,1-5H3/t16-,17-,18+,19+/m1/s1. The van der Waals surface area contributed by atoms with E-state index >= 15 is 0 Å². The highest BCUT2D eigenvalue weighted by molar-refractivity contribution is 4.99. The quantitative estimate of drug-likeness (QED) is 0.417. The number of unbranched alkanes of at least 4 members (excludes halogenated alkanes) is 4. The minimum atomic E-state index is -0.956. The van der Waals surface area contributed by atoms with Crippen molar-refractivity contribution in [2.75, 3.05) is 47.3 Å². The largest absolute Gasteiger partial charge is 0.379 e. The Bertz CT molecular complexity index is 327. The van der Waals surface area contributed by atoms with Gasteiger partial charge >= 0.3 is 0 Å². The van der Waals surface area contributed by atoms with Gasteiger partial charge in [0.05, 0.1) is 6.61 Å². The van der Waals surface area contributed by atoms with Crippen molar-refractivity contribution in [3.63, 3.8) is 0 Å². The summed E-state index contributed by atoms with van der Waals surface area (Å²) in [6, 6.07) is 0. The van der Waals surface area contributed by atoms with Gasteiger partial charge in [0.15, 0.2) is 0 Å². The Kier molecular flexibility index (Phi) is 11.9. The molecule has 0 radical (unpaired) electrons. The molecule has 1 rings (SSSR count). The molecule has 6 nitrogen and oxygen atoms in total. The zero-order chi connectivity index (χ0) is 18.5. The van der Waals surface area contributed by atoms with Crippen LogP contribution in [0.2, 0.25) is 0 Å². The van der Waals surface area contributed by atoms with Gasteiger partial charge in [-0.25, -0.2) is 0 Å². The van der Waals surface area contributed by atoms with Gasteiger partial charge in [-0.3, -0.25) is 0 Å². The average Bonchev–Trinajstić information content (AvgIpc) is 2.93. The minimum absolute atomic E-state index is 0.238. The van der Waals surface area contributed by atoms with Crippen LogP contribution in [0.1, 0.15) is 52.9 Å². The topological polar surface area (TPSA) is 55.4 Å². The molecule has 6 heteroatoms. The summed E-state index contributed by atoms with van der Waals surface area (Å²) >= 11 is 0. The average molecular weight is 363 g/mol. The molecule has 0 unspecified atom stereocenters. The summed E-state index contributed by atoms with van der Waals surface area (Å²) in [5.41, 5.74) is 0. The van der Waals surface area contributed by atoms with E-state index in [1.165, 1.54) is 25.7 Å². The summed E-state index contributed by atoms with van der Waals surface area (Å²) in [4.78, 5) is 0.